The predicted molar refractivity (Wildman–Crippen MR) is 186 cm³/mol. The summed E-state index contributed by atoms with van der Waals surface area (Å²) in [5.41, 5.74) is 13.8. The van der Waals surface area contributed by atoms with E-state index in [0.717, 1.165) is 40.6 Å². The molecule has 0 bridgehead atoms. The molecule has 5 aromatic carbocycles. The second kappa shape index (κ2) is 8.63. The summed E-state index contributed by atoms with van der Waals surface area (Å²) in [6.07, 6.45) is 1.12. The maximum Gasteiger partial charge on any atom is 0.260 e. The smallest absolute Gasteiger partial charge is 0.260 e. The minimum Gasteiger partial charge on any atom is -0.458 e. The monoisotopic (exact) mass is 587 g/mol. The minimum atomic E-state index is -0.124. The Balaban J connectivity index is 1.30. The van der Waals surface area contributed by atoms with Crippen LogP contribution in [0.2, 0.25) is 0 Å². The first-order valence-electron chi connectivity index (χ1n) is 16.3. The largest absolute Gasteiger partial charge is 0.458 e. The number of nitrogens with zero attached hydrogens (tertiary/aromatic N) is 1. The third-order valence-electron chi connectivity index (χ3n) is 11.0. The van der Waals surface area contributed by atoms with Crippen molar-refractivity contribution in [1.29, 1.82) is 0 Å². The summed E-state index contributed by atoms with van der Waals surface area (Å²) >= 11 is 0. The van der Waals surface area contributed by atoms with Crippen LogP contribution in [0.15, 0.2) is 91.0 Å². The van der Waals surface area contributed by atoms with Crippen LogP contribution >= 0.6 is 0 Å². The molecule has 3 nitrogen and oxygen atoms in total. The van der Waals surface area contributed by atoms with Gasteiger partial charge in [0, 0.05) is 23.0 Å². The third kappa shape index (κ3) is 3.60. The van der Waals surface area contributed by atoms with Crippen molar-refractivity contribution in [2.24, 2.45) is 0 Å². The minimum absolute atomic E-state index is 0.0427. The highest BCUT2D eigenvalue weighted by Gasteiger charge is 2.47. The fourth-order valence-electron chi connectivity index (χ4n) is 9.14. The van der Waals surface area contributed by atoms with Crippen molar-refractivity contribution in [1.82, 2.24) is 0 Å². The number of hydrogen-bond acceptors (Lipinski definition) is 3. The lowest BCUT2D eigenvalue weighted by molar-refractivity contribution is 0.402. The zero-order chi connectivity index (χ0) is 31.0. The van der Waals surface area contributed by atoms with Gasteiger partial charge in [0.25, 0.3) is 6.71 Å². The van der Waals surface area contributed by atoms with E-state index in [1.165, 1.54) is 50.1 Å². The molecular formula is C41H38BNO2. The standard InChI is InChI=1S/C41H38BNO2/c1-24-16-17-34-30(18-24)42-31-21-28-29(40(4,5)23-39(28,2)3)22-35(31)45-37-20-25(19-36(44-34)38(37)42)43-32-14-10-8-12-26(32)41(6,7)27-13-9-11-15-33(27)43/h8-22H,23H2,1-7H3. The van der Waals surface area contributed by atoms with Crippen molar-refractivity contribution >= 4 is 40.2 Å². The molecule has 9 rings (SSSR count). The molecule has 0 spiro atoms. The lowest BCUT2D eigenvalue weighted by Gasteiger charge is -2.42. The molecule has 45 heavy (non-hydrogen) atoms. The number of para-hydroxylation sites is 2. The number of ether oxygens (including phenoxy) is 2. The normalized spacial score (nSPS) is 18.4. The molecule has 0 amide bonds. The van der Waals surface area contributed by atoms with Crippen LogP contribution in [0.4, 0.5) is 17.1 Å². The number of fused-ring (bicyclic) bond motifs is 7. The number of hydrogen-bond donors (Lipinski definition) is 0. The maximum atomic E-state index is 7.00. The lowest BCUT2D eigenvalue weighted by atomic mass is 9.34. The molecule has 0 N–H and O–H groups in total. The molecule has 0 saturated carbocycles. The first-order chi connectivity index (χ1) is 21.4. The van der Waals surface area contributed by atoms with E-state index in [4.69, 9.17) is 9.47 Å². The summed E-state index contributed by atoms with van der Waals surface area (Å²) < 4.78 is 13.8. The summed E-state index contributed by atoms with van der Waals surface area (Å²) in [7, 11) is 0. The molecule has 0 saturated heterocycles. The average Bonchev–Trinajstić information content (AvgIpc) is 3.18. The second-order valence-corrected chi connectivity index (χ2v) is 15.4. The Bertz CT molecular complexity index is 2060. The molecule has 0 fully saturated rings. The fourth-order valence-corrected chi connectivity index (χ4v) is 9.14. The quantitative estimate of drug-likeness (QED) is 0.179. The van der Waals surface area contributed by atoms with Gasteiger partial charge in [0.05, 0.1) is 17.1 Å². The highest BCUT2D eigenvalue weighted by Crippen LogP contribution is 2.54. The Labute approximate surface area is 266 Å². The number of rotatable bonds is 1. The van der Waals surface area contributed by atoms with Gasteiger partial charge < -0.3 is 14.4 Å². The van der Waals surface area contributed by atoms with E-state index >= 15 is 0 Å². The lowest BCUT2D eigenvalue weighted by Crippen LogP contribution is -2.57. The molecule has 4 heteroatoms. The summed E-state index contributed by atoms with van der Waals surface area (Å²) in [5, 5.41) is 0. The van der Waals surface area contributed by atoms with Crippen LogP contribution < -0.4 is 30.8 Å². The van der Waals surface area contributed by atoms with Gasteiger partial charge in [-0.1, -0.05) is 102 Å². The van der Waals surface area contributed by atoms with Crippen molar-refractivity contribution in [3.63, 3.8) is 0 Å². The molecule has 1 aliphatic carbocycles. The second-order valence-electron chi connectivity index (χ2n) is 15.4. The summed E-state index contributed by atoms with van der Waals surface area (Å²) in [5.74, 6) is 3.64. The van der Waals surface area contributed by atoms with Crippen molar-refractivity contribution in [3.05, 3.63) is 119 Å². The van der Waals surface area contributed by atoms with Crippen LogP contribution in [-0.2, 0) is 16.2 Å². The van der Waals surface area contributed by atoms with Crippen molar-refractivity contribution in [2.45, 2.75) is 71.1 Å². The Morgan fingerprint density at radius 1 is 0.578 bits per heavy atom. The number of benzene rings is 5. The van der Waals surface area contributed by atoms with E-state index in [2.05, 4.69) is 144 Å². The number of anilines is 3. The molecular weight excluding hydrogens is 549 g/mol. The summed E-state index contributed by atoms with van der Waals surface area (Å²) in [6, 6.07) is 33.5. The molecule has 0 atom stereocenters. The van der Waals surface area contributed by atoms with Gasteiger partial charge >= 0.3 is 0 Å². The molecule has 222 valence electrons. The Kier molecular flexibility index (Phi) is 5.16. The van der Waals surface area contributed by atoms with Crippen LogP contribution in [0.25, 0.3) is 0 Å². The van der Waals surface area contributed by atoms with Crippen molar-refractivity contribution < 1.29 is 9.47 Å². The van der Waals surface area contributed by atoms with E-state index < -0.39 is 0 Å². The zero-order valence-electron chi connectivity index (χ0n) is 27.2. The van der Waals surface area contributed by atoms with Gasteiger partial charge in [-0.25, -0.2) is 0 Å². The van der Waals surface area contributed by atoms with Crippen LogP contribution in [-0.4, -0.2) is 6.71 Å². The van der Waals surface area contributed by atoms with E-state index in [-0.39, 0.29) is 23.0 Å². The van der Waals surface area contributed by atoms with Gasteiger partial charge in [0.1, 0.15) is 23.0 Å². The highest BCUT2D eigenvalue weighted by molar-refractivity contribution is 6.98. The van der Waals surface area contributed by atoms with Crippen LogP contribution in [0.5, 0.6) is 23.0 Å². The molecule has 0 aromatic heterocycles. The van der Waals surface area contributed by atoms with E-state index in [1.54, 1.807) is 0 Å². The van der Waals surface area contributed by atoms with Gasteiger partial charge in [0.15, 0.2) is 0 Å². The van der Waals surface area contributed by atoms with E-state index in [1.807, 2.05) is 0 Å². The van der Waals surface area contributed by atoms with Gasteiger partial charge in [-0.3, -0.25) is 0 Å². The van der Waals surface area contributed by atoms with Crippen molar-refractivity contribution in [2.75, 3.05) is 4.90 Å². The summed E-state index contributed by atoms with van der Waals surface area (Å²) in [4.78, 5) is 2.39. The average molecular weight is 588 g/mol. The molecule has 3 heterocycles. The SMILES string of the molecule is Cc1ccc2c(c1)B1c3cc4c(cc3Oc3cc(N5c6ccccc6C(C)(C)c6ccccc65)cc(c31)O2)C(C)(C)CC4(C)C. The fraction of sp³-hybridized carbons (Fsp3) is 0.268. The Hall–Kier alpha value is -4.44. The van der Waals surface area contributed by atoms with Crippen LogP contribution in [0.3, 0.4) is 0 Å². The predicted octanol–water partition coefficient (Wildman–Crippen LogP) is 8.79. The van der Waals surface area contributed by atoms with Gasteiger partial charge in [-0.15, -0.1) is 0 Å². The first kappa shape index (κ1) is 26.9. The van der Waals surface area contributed by atoms with Crippen LogP contribution in [0, 0.1) is 6.92 Å². The molecule has 5 aromatic rings. The Morgan fingerprint density at radius 2 is 1.13 bits per heavy atom. The molecule has 4 aliphatic rings. The van der Waals surface area contributed by atoms with Gasteiger partial charge in [0.2, 0.25) is 0 Å². The van der Waals surface area contributed by atoms with Crippen LogP contribution in [0.1, 0.15) is 75.8 Å². The zero-order valence-corrected chi connectivity index (χ0v) is 27.2. The van der Waals surface area contributed by atoms with E-state index in [9.17, 15) is 0 Å². The molecule has 0 unspecified atom stereocenters. The Morgan fingerprint density at radius 3 is 1.78 bits per heavy atom. The number of aryl methyl sites for hydroxylation is 1. The third-order valence-corrected chi connectivity index (χ3v) is 11.0. The van der Waals surface area contributed by atoms with Crippen molar-refractivity contribution in [3.8, 4) is 23.0 Å². The molecule has 0 radical (unpaired) electrons. The summed E-state index contributed by atoms with van der Waals surface area (Å²) in [6.45, 7) is 16.4. The maximum absolute atomic E-state index is 7.00. The van der Waals surface area contributed by atoms with Gasteiger partial charge in [-0.2, -0.15) is 0 Å². The highest BCUT2D eigenvalue weighted by atomic mass is 16.5. The van der Waals surface area contributed by atoms with Gasteiger partial charge in [-0.05, 0) is 81.6 Å². The van der Waals surface area contributed by atoms with E-state index in [0.29, 0.717) is 0 Å². The topological polar surface area (TPSA) is 21.7 Å². The molecule has 3 aliphatic heterocycles. The first-order valence-corrected chi connectivity index (χ1v) is 16.3.